The van der Waals surface area contributed by atoms with Gasteiger partial charge in [-0.2, -0.15) is 5.10 Å². The van der Waals surface area contributed by atoms with Gasteiger partial charge in [-0.25, -0.2) is 0 Å². The molecule has 82 valence electrons. The highest BCUT2D eigenvalue weighted by molar-refractivity contribution is 5.92. The predicted octanol–water partition coefficient (Wildman–Crippen LogP) is 1.59. The van der Waals surface area contributed by atoms with E-state index in [0.717, 1.165) is 25.2 Å². The Morgan fingerprint density at radius 2 is 2.47 bits per heavy atom. The first-order valence-corrected chi connectivity index (χ1v) is 5.48. The van der Waals surface area contributed by atoms with E-state index in [0.29, 0.717) is 11.6 Å². The molecule has 15 heavy (non-hydrogen) atoms. The molecule has 0 aliphatic carbocycles. The zero-order valence-corrected chi connectivity index (χ0v) is 9.29. The monoisotopic (exact) mass is 207 g/mol. The summed E-state index contributed by atoms with van der Waals surface area (Å²) >= 11 is 0. The van der Waals surface area contributed by atoms with Crippen molar-refractivity contribution in [3.63, 3.8) is 0 Å². The number of nitrogens with one attached hydrogen (secondary N) is 1. The summed E-state index contributed by atoms with van der Waals surface area (Å²) in [6.45, 7) is 5.83. The van der Waals surface area contributed by atoms with Gasteiger partial charge in [0.1, 0.15) is 5.69 Å². The first kappa shape index (κ1) is 10.2. The van der Waals surface area contributed by atoms with Crippen molar-refractivity contribution < 1.29 is 4.79 Å². The summed E-state index contributed by atoms with van der Waals surface area (Å²) in [6, 6.07) is 1.81. The van der Waals surface area contributed by atoms with Crippen LogP contribution in [0.4, 0.5) is 0 Å². The van der Waals surface area contributed by atoms with Crippen LogP contribution in [-0.2, 0) is 0 Å². The molecule has 1 N–H and O–H groups in total. The van der Waals surface area contributed by atoms with Gasteiger partial charge in [-0.05, 0) is 31.7 Å². The van der Waals surface area contributed by atoms with Gasteiger partial charge < -0.3 is 4.90 Å². The van der Waals surface area contributed by atoms with E-state index in [1.54, 1.807) is 0 Å². The SMILES string of the molecule is Cc1cc(C(=O)N2CCCC(C)C2)n[nH]1. The fourth-order valence-electron chi connectivity index (χ4n) is 2.06. The minimum absolute atomic E-state index is 0.0610. The van der Waals surface area contributed by atoms with Crippen molar-refractivity contribution in [3.8, 4) is 0 Å². The maximum absolute atomic E-state index is 12.0. The van der Waals surface area contributed by atoms with E-state index in [4.69, 9.17) is 0 Å². The number of H-pyrrole nitrogens is 1. The number of aryl methyl sites for hydroxylation is 1. The van der Waals surface area contributed by atoms with Crippen molar-refractivity contribution in [3.05, 3.63) is 17.5 Å². The smallest absolute Gasteiger partial charge is 0.274 e. The number of amides is 1. The summed E-state index contributed by atoms with van der Waals surface area (Å²) in [5, 5.41) is 6.80. The van der Waals surface area contributed by atoms with Crippen LogP contribution in [0.1, 0.15) is 35.9 Å². The van der Waals surface area contributed by atoms with E-state index < -0.39 is 0 Å². The molecule has 1 fully saturated rings. The van der Waals surface area contributed by atoms with Crippen molar-refractivity contribution in [1.82, 2.24) is 15.1 Å². The lowest BCUT2D eigenvalue weighted by Gasteiger charge is -2.30. The summed E-state index contributed by atoms with van der Waals surface area (Å²) in [5.74, 6) is 0.675. The Morgan fingerprint density at radius 3 is 3.07 bits per heavy atom. The number of aromatic amines is 1. The summed E-state index contributed by atoms with van der Waals surface area (Å²) in [7, 11) is 0. The molecule has 1 aliphatic heterocycles. The summed E-state index contributed by atoms with van der Waals surface area (Å²) in [4.78, 5) is 13.9. The average Bonchev–Trinajstić information content (AvgIpc) is 2.64. The highest BCUT2D eigenvalue weighted by Crippen LogP contribution is 2.17. The van der Waals surface area contributed by atoms with Gasteiger partial charge >= 0.3 is 0 Å². The van der Waals surface area contributed by atoms with Gasteiger partial charge in [-0.3, -0.25) is 9.89 Å². The lowest BCUT2D eigenvalue weighted by atomic mass is 10.00. The minimum Gasteiger partial charge on any atom is -0.337 e. The zero-order valence-electron chi connectivity index (χ0n) is 9.29. The van der Waals surface area contributed by atoms with Gasteiger partial charge in [0.05, 0.1) is 0 Å². The molecule has 2 heterocycles. The Balaban J connectivity index is 2.07. The Hall–Kier alpha value is -1.32. The van der Waals surface area contributed by atoms with Crippen LogP contribution in [0.25, 0.3) is 0 Å². The molecule has 0 bridgehead atoms. The molecule has 1 aromatic heterocycles. The third-order valence-electron chi connectivity index (χ3n) is 2.87. The van der Waals surface area contributed by atoms with E-state index in [1.165, 1.54) is 6.42 Å². The van der Waals surface area contributed by atoms with Gasteiger partial charge in [-0.1, -0.05) is 6.92 Å². The number of carbonyl (C=O) groups excluding carboxylic acids is 1. The quantitative estimate of drug-likeness (QED) is 0.760. The number of nitrogens with zero attached hydrogens (tertiary/aromatic N) is 2. The van der Waals surface area contributed by atoms with Crippen LogP contribution in [0.15, 0.2) is 6.07 Å². The van der Waals surface area contributed by atoms with Crippen LogP contribution in [0.5, 0.6) is 0 Å². The molecule has 1 aromatic rings. The number of hydrogen-bond acceptors (Lipinski definition) is 2. The lowest BCUT2D eigenvalue weighted by Crippen LogP contribution is -2.39. The highest BCUT2D eigenvalue weighted by atomic mass is 16.2. The first-order chi connectivity index (χ1) is 7.16. The Kier molecular flexibility index (Phi) is 2.75. The molecule has 4 heteroatoms. The number of piperidine rings is 1. The number of hydrogen-bond donors (Lipinski definition) is 1. The number of likely N-dealkylation sites (tertiary alicyclic amines) is 1. The molecular weight excluding hydrogens is 190 g/mol. The first-order valence-electron chi connectivity index (χ1n) is 5.48. The van der Waals surface area contributed by atoms with Crippen LogP contribution in [0, 0.1) is 12.8 Å². The number of rotatable bonds is 1. The second kappa shape index (κ2) is 4.04. The summed E-state index contributed by atoms with van der Waals surface area (Å²) < 4.78 is 0. The van der Waals surface area contributed by atoms with Crippen molar-refractivity contribution in [2.45, 2.75) is 26.7 Å². The maximum atomic E-state index is 12.0. The maximum Gasteiger partial charge on any atom is 0.274 e. The third-order valence-corrected chi connectivity index (χ3v) is 2.87. The van der Waals surface area contributed by atoms with Crippen LogP contribution in [-0.4, -0.2) is 34.1 Å². The molecule has 1 saturated heterocycles. The molecule has 1 atom stereocenters. The van der Waals surface area contributed by atoms with Crippen molar-refractivity contribution in [2.24, 2.45) is 5.92 Å². The molecular formula is C11H17N3O. The Labute approximate surface area is 89.7 Å². The summed E-state index contributed by atoms with van der Waals surface area (Å²) in [5.41, 5.74) is 1.48. The van der Waals surface area contributed by atoms with Crippen LogP contribution in [0.2, 0.25) is 0 Å². The van der Waals surface area contributed by atoms with Gasteiger partial charge in [0.15, 0.2) is 0 Å². The van der Waals surface area contributed by atoms with E-state index >= 15 is 0 Å². The lowest BCUT2D eigenvalue weighted by molar-refractivity contribution is 0.0677. The molecule has 1 unspecified atom stereocenters. The van der Waals surface area contributed by atoms with Gasteiger partial charge in [0, 0.05) is 18.8 Å². The van der Waals surface area contributed by atoms with E-state index in [1.807, 2.05) is 17.9 Å². The van der Waals surface area contributed by atoms with Crippen LogP contribution in [0.3, 0.4) is 0 Å². The second-order valence-electron chi connectivity index (χ2n) is 4.43. The van der Waals surface area contributed by atoms with Crippen LogP contribution >= 0.6 is 0 Å². The molecule has 0 radical (unpaired) electrons. The molecule has 4 nitrogen and oxygen atoms in total. The number of aromatic nitrogens is 2. The van der Waals surface area contributed by atoms with Gasteiger partial charge in [-0.15, -0.1) is 0 Å². The molecule has 0 spiro atoms. The van der Waals surface area contributed by atoms with Crippen molar-refractivity contribution >= 4 is 5.91 Å². The predicted molar refractivity (Wildman–Crippen MR) is 57.6 cm³/mol. The molecule has 1 amide bonds. The fourth-order valence-corrected chi connectivity index (χ4v) is 2.06. The molecule has 0 saturated carbocycles. The van der Waals surface area contributed by atoms with Crippen molar-refractivity contribution in [1.29, 1.82) is 0 Å². The Bertz CT molecular complexity index is 358. The van der Waals surface area contributed by atoms with Gasteiger partial charge in [0.2, 0.25) is 0 Å². The van der Waals surface area contributed by atoms with E-state index in [-0.39, 0.29) is 5.91 Å². The third kappa shape index (κ3) is 2.19. The number of carbonyl (C=O) groups is 1. The van der Waals surface area contributed by atoms with E-state index in [9.17, 15) is 4.79 Å². The molecule has 2 rings (SSSR count). The van der Waals surface area contributed by atoms with E-state index in [2.05, 4.69) is 17.1 Å². The average molecular weight is 207 g/mol. The second-order valence-corrected chi connectivity index (χ2v) is 4.43. The fraction of sp³-hybridized carbons (Fsp3) is 0.636. The van der Waals surface area contributed by atoms with Gasteiger partial charge in [0.25, 0.3) is 5.91 Å². The van der Waals surface area contributed by atoms with Crippen LogP contribution < -0.4 is 0 Å². The summed E-state index contributed by atoms with van der Waals surface area (Å²) in [6.07, 6.45) is 2.33. The standard InChI is InChI=1S/C11H17N3O/c1-8-4-3-5-14(7-8)11(15)10-6-9(2)12-13-10/h6,8H,3-5,7H2,1-2H3,(H,12,13). The highest BCUT2D eigenvalue weighted by Gasteiger charge is 2.23. The topological polar surface area (TPSA) is 49.0 Å². The Morgan fingerprint density at radius 1 is 1.67 bits per heavy atom. The van der Waals surface area contributed by atoms with Crippen molar-refractivity contribution in [2.75, 3.05) is 13.1 Å². The minimum atomic E-state index is 0.0610. The zero-order chi connectivity index (χ0) is 10.8. The molecule has 0 aromatic carbocycles. The molecule has 1 aliphatic rings. The normalized spacial score (nSPS) is 21.7. The largest absolute Gasteiger partial charge is 0.337 e.